The van der Waals surface area contributed by atoms with Crippen LogP contribution in [-0.2, 0) is 22.9 Å². The lowest BCUT2D eigenvalue weighted by Gasteiger charge is -2.20. The van der Waals surface area contributed by atoms with Gasteiger partial charge in [-0.05, 0) is 48.2 Å². The molecule has 3 rings (SSSR count). The third-order valence-corrected chi connectivity index (χ3v) is 5.82. The summed E-state index contributed by atoms with van der Waals surface area (Å²) in [6, 6.07) is 10.7. The maximum atomic E-state index is 11.4. The zero-order valence-corrected chi connectivity index (χ0v) is 14.6. The molecule has 1 aliphatic heterocycles. The Hall–Kier alpha value is -1.27. The van der Waals surface area contributed by atoms with Crippen LogP contribution >= 0.6 is 23.2 Å². The van der Waals surface area contributed by atoms with Crippen LogP contribution in [-0.4, -0.2) is 21.5 Å². The second kappa shape index (κ2) is 6.32. The molecule has 0 atom stereocenters. The third kappa shape index (κ3) is 3.48. The number of hydrogen-bond acceptors (Lipinski definition) is 3. The molecular weight excluding hydrogens is 355 g/mol. The molecule has 4 nitrogen and oxygen atoms in total. The lowest BCUT2D eigenvalue weighted by molar-refractivity contribution is 0.597. The topological polar surface area (TPSA) is 63.4 Å². The average Bonchev–Trinajstić information content (AvgIpc) is 2.90. The molecule has 0 aliphatic carbocycles. The number of hydrogen-bond donors (Lipinski definition) is 1. The van der Waals surface area contributed by atoms with Crippen molar-refractivity contribution in [2.45, 2.75) is 17.7 Å². The molecule has 1 aliphatic rings. The van der Waals surface area contributed by atoms with Crippen LogP contribution in [0.4, 0.5) is 5.69 Å². The standard InChI is InChI=1S/C16H16Cl2N2O2S/c17-14-3-1-2-11(16(14)18)6-8-20-9-7-12-10-13(23(19,21)22)4-5-15(12)20/h1-5,10H,6-9H2,(H2,19,21,22). The Morgan fingerprint density at radius 3 is 2.70 bits per heavy atom. The van der Waals surface area contributed by atoms with Crippen LogP contribution < -0.4 is 10.0 Å². The number of anilines is 1. The van der Waals surface area contributed by atoms with Gasteiger partial charge in [-0.15, -0.1) is 0 Å². The predicted molar refractivity (Wildman–Crippen MR) is 93.9 cm³/mol. The van der Waals surface area contributed by atoms with Gasteiger partial charge in [0.05, 0.1) is 14.9 Å². The van der Waals surface area contributed by atoms with Crippen molar-refractivity contribution >= 4 is 38.9 Å². The number of primary sulfonamides is 1. The lowest BCUT2D eigenvalue weighted by Crippen LogP contribution is -2.23. The van der Waals surface area contributed by atoms with Crippen molar-refractivity contribution in [3.05, 3.63) is 57.6 Å². The van der Waals surface area contributed by atoms with Crippen molar-refractivity contribution in [2.24, 2.45) is 5.14 Å². The van der Waals surface area contributed by atoms with Crippen LogP contribution in [0.25, 0.3) is 0 Å². The van der Waals surface area contributed by atoms with Crippen molar-refractivity contribution in [3.8, 4) is 0 Å². The summed E-state index contributed by atoms with van der Waals surface area (Å²) in [5, 5.41) is 6.34. The van der Waals surface area contributed by atoms with Crippen molar-refractivity contribution < 1.29 is 8.42 Å². The summed E-state index contributed by atoms with van der Waals surface area (Å²) in [7, 11) is -3.66. The third-order valence-electron chi connectivity index (χ3n) is 4.05. The summed E-state index contributed by atoms with van der Waals surface area (Å²) in [5.74, 6) is 0. The number of fused-ring (bicyclic) bond motifs is 1. The molecule has 1 heterocycles. The number of benzene rings is 2. The van der Waals surface area contributed by atoms with E-state index in [0.717, 1.165) is 42.7 Å². The van der Waals surface area contributed by atoms with Gasteiger partial charge in [-0.25, -0.2) is 13.6 Å². The summed E-state index contributed by atoms with van der Waals surface area (Å²) < 4.78 is 22.9. The zero-order chi connectivity index (χ0) is 16.6. The second-order valence-corrected chi connectivity index (χ2v) is 7.88. The molecule has 0 spiro atoms. The molecule has 2 N–H and O–H groups in total. The normalized spacial score (nSPS) is 14.1. The first-order valence-electron chi connectivity index (χ1n) is 7.20. The van der Waals surface area contributed by atoms with E-state index in [1.165, 1.54) is 0 Å². The van der Waals surface area contributed by atoms with E-state index in [4.69, 9.17) is 28.3 Å². The van der Waals surface area contributed by atoms with Crippen LogP contribution in [0.15, 0.2) is 41.3 Å². The molecule has 0 saturated heterocycles. The van der Waals surface area contributed by atoms with Crippen LogP contribution in [0.1, 0.15) is 11.1 Å². The van der Waals surface area contributed by atoms with E-state index in [2.05, 4.69) is 4.90 Å². The summed E-state index contributed by atoms with van der Waals surface area (Å²) in [4.78, 5) is 2.38. The van der Waals surface area contributed by atoms with Gasteiger partial charge in [0.1, 0.15) is 0 Å². The first-order valence-corrected chi connectivity index (χ1v) is 9.50. The molecule has 0 fully saturated rings. The number of nitrogens with zero attached hydrogens (tertiary/aromatic N) is 1. The molecule has 0 unspecified atom stereocenters. The fourth-order valence-corrected chi connectivity index (χ4v) is 3.83. The van der Waals surface area contributed by atoms with Gasteiger partial charge in [0.25, 0.3) is 0 Å². The first kappa shape index (κ1) is 16.6. The van der Waals surface area contributed by atoms with Crippen molar-refractivity contribution in [3.63, 3.8) is 0 Å². The van der Waals surface area contributed by atoms with E-state index in [-0.39, 0.29) is 4.90 Å². The number of nitrogens with two attached hydrogens (primary N) is 1. The van der Waals surface area contributed by atoms with E-state index < -0.39 is 10.0 Å². The van der Waals surface area contributed by atoms with E-state index in [0.29, 0.717) is 10.0 Å². The molecular formula is C16H16Cl2N2O2S. The Morgan fingerprint density at radius 1 is 1.17 bits per heavy atom. The second-order valence-electron chi connectivity index (χ2n) is 5.54. The van der Waals surface area contributed by atoms with Crippen molar-refractivity contribution in [2.75, 3.05) is 18.0 Å². The largest absolute Gasteiger partial charge is 0.371 e. The Balaban J connectivity index is 1.77. The molecule has 122 valence electrons. The Labute approximate surface area is 145 Å². The summed E-state index contributed by atoms with van der Waals surface area (Å²) in [6.45, 7) is 1.64. The molecule has 23 heavy (non-hydrogen) atoms. The van der Waals surface area contributed by atoms with Gasteiger partial charge in [0, 0.05) is 18.8 Å². The van der Waals surface area contributed by atoms with Gasteiger partial charge in [-0.1, -0.05) is 35.3 Å². The van der Waals surface area contributed by atoms with Gasteiger partial charge in [0.2, 0.25) is 10.0 Å². The van der Waals surface area contributed by atoms with E-state index in [9.17, 15) is 8.42 Å². The van der Waals surface area contributed by atoms with E-state index >= 15 is 0 Å². The molecule has 2 aromatic carbocycles. The summed E-state index contributed by atoms with van der Waals surface area (Å²) >= 11 is 12.3. The molecule has 0 saturated carbocycles. The predicted octanol–water partition coefficient (Wildman–Crippen LogP) is 3.25. The maximum absolute atomic E-state index is 11.4. The first-order chi connectivity index (χ1) is 10.9. The molecule has 0 radical (unpaired) electrons. The van der Waals surface area contributed by atoms with Gasteiger partial charge >= 0.3 is 0 Å². The molecule has 7 heteroatoms. The quantitative estimate of drug-likeness (QED) is 0.898. The van der Waals surface area contributed by atoms with E-state index in [1.54, 1.807) is 18.2 Å². The number of sulfonamides is 1. The molecule has 0 amide bonds. The number of halogens is 2. The number of rotatable bonds is 4. The van der Waals surface area contributed by atoms with Gasteiger partial charge in [-0.2, -0.15) is 0 Å². The minimum absolute atomic E-state index is 0.163. The fraction of sp³-hybridized carbons (Fsp3) is 0.250. The highest BCUT2D eigenvalue weighted by atomic mass is 35.5. The minimum atomic E-state index is -3.66. The SMILES string of the molecule is NS(=O)(=O)c1ccc2c(c1)CCN2CCc1cccc(Cl)c1Cl. The lowest BCUT2D eigenvalue weighted by atomic mass is 10.1. The average molecular weight is 371 g/mol. The smallest absolute Gasteiger partial charge is 0.238 e. The van der Waals surface area contributed by atoms with Crippen LogP contribution in [0.2, 0.25) is 10.0 Å². The Morgan fingerprint density at radius 2 is 1.96 bits per heavy atom. The Bertz CT molecular complexity index is 853. The summed E-state index contributed by atoms with van der Waals surface area (Å²) in [6.07, 6.45) is 1.58. The van der Waals surface area contributed by atoms with Gasteiger partial charge in [0.15, 0.2) is 0 Å². The molecule has 0 aromatic heterocycles. The molecule has 0 bridgehead atoms. The van der Waals surface area contributed by atoms with Gasteiger partial charge < -0.3 is 4.90 Å². The molecule has 2 aromatic rings. The van der Waals surface area contributed by atoms with Crippen LogP contribution in [0, 0.1) is 0 Å². The highest BCUT2D eigenvalue weighted by Gasteiger charge is 2.21. The minimum Gasteiger partial charge on any atom is -0.371 e. The highest BCUT2D eigenvalue weighted by Crippen LogP contribution is 2.31. The van der Waals surface area contributed by atoms with Gasteiger partial charge in [-0.3, -0.25) is 0 Å². The monoisotopic (exact) mass is 370 g/mol. The zero-order valence-electron chi connectivity index (χ0n) is 12.3. The van der Waals surface area contributed by atoms with E-state index in [1.807, 2.05) is 18.2 Å². The maximum Gasteiger partial charge on any atom is 0.238 e. The Kier molecular flexibility index (Phi) is 4.56. The van der Waals surface area contributed by atoms with Crippen molar-refractivity contribution in [1.29, 1.82) is 0 Å². The summed E-state index contributed by atoms with van der Waals surface area (Å²) in [5.41, 5.74) is 3.07. The van der Waals surface area contributed by atoms with Crippen LogP contribution in [0.3, 0.4) is 0 Å². The van der Waals surface area contributed by atoms with Crippen LogP contribution in [0.5, 0.6) is 0 Å². The highest BCUT2D eigenvalue weighted by molar-refractivity contribution is 7.89. The van der Waals surface area contributed by atoms with Crippen molar-refractivity contribution in [1.82, 2.24) is 0 Å². The fourth-order valence-electron chi connectivity index (χ4n) is 2.85.